The molecule has 4 rings (SSSR count). The smallest absolute Gasteiger partial charge is 0.251 e. The van der Waals surface area contributed by atoms with Crippen LogP contribution in [0.25, 0.3) is 11.1 Å². The summed E-state index contributed by atoms with van der Waals surface area (Å²) in [6, 6.07) is 9.41. The number of carbonyl (C=O) groups excluding carboxylic acids is 1. The summed E-state index contributed by atoms with van der Waals surface area (Å²) in [5.74, 6) is 1.17. The molecule has 1 aliphatic carbocycles. The normalized spacial score (nSPS) is 15.2. The van der Waals surface area contributed by atoms with E-state index in [0.29, 0.717) is 23.6 Å². The molecule has 0 saturated heterocycles. The number of nitrogens with one attached hydrogen (secondary N) is 1. The minimum Gasteiger partial charge on any atom is -0.440 e. The Morgan fingerprint density at radius 3 is 2.73 bits per heavy atom. The molecule has 0 spiro atoms. The van der Waals surface area contributed by atoms with Gasteiger partial charge in [-0.2, -0.15) is 0 Å². The van der Waals surface area contributed by atoms with Gasteiger partial charge in [-0.1, -0.05) is 19.3 Å². The number of oxazole rings is 1. The highest BCUT2D eigenvalue weighted by atomic mass is 16.3. The molecular formula is C21H23N3O2. The van der Waals surface area contributed by atoms with Crippen molar-refractivity contribution in [2.24, 2.45) is 0 Å². The van der Waals surface area contributed by atoms with Gasteiger partial charge >= 0.3 is 0 Å². The molecule has 1 aliphatic rings. The molecule has 1 fully saturated rings. The molecular weight excluding hydrogens is 326 g/mol. The quantitative estimate of drug-likeness (QED) is 0.748. The van der Waals surface area contributed by atoms with Gasteiger partial charge in [0.25, 0.3) is 5.91 Å². The van der Waals surface area contributed by atoms with Crippen molar-refractivity contribution in [2.45, 2.75) is 44.4 Å². The predicted octanol–water partition coefficient (Wildman–Crippen LogP) is 4.24. The molecule has 0 bridgehead atoms. The molecule has 134 valence electrons. The second-order valence-electron chi connectivity index (χ2n) is 6.93. The highest BCUT2D eigenvalue weighted by molar-refractivity contribution is 5.97. The average Bonchev–Trinajstić information content (AvgIpc) is 3.13. The fourth-order valence-corrected chi connectivity index (χ4v) is 3.58. The van der Waals surface area contributed by atoms with Crippen LogP contribution < -0.4 is 5.32 Å². The molecule has 2 heterocycles. The summed E-state index contributed by atoms with van der Waals surface area (Å²) >= 11 is 0. The van der Waals surface area contributed by atoms with Crippen LogP contribution in [-0.4, -0.2) is 22.4 Å². The summed E-state index contributed by atoms with van der Waals surface area (Å²) in [6.45, 7) is 0.588. The number of hydrogen-bond donors (Lipinski definition) is 1. The van der Waals surface area contributed by atoms with Crippen molar-refractivity contribution in [2.75, 3.05) is 6.54 Å². The van der Waals surface area contributed by atoms with Gasteiger partial charge in [0.2, 0.25) is 0 Å². The highest BCUT2D eigenvalue weighted by Gasteiger charge is 2.21. The molecule has 1 saturated carbocycles. The number of benzene rings is 1. The maximum absolute atomic E-state index is 12.4. The van der Waals surface area contributed by atoms with E-state index in [1.807, 2.05) is 24.3 Å². The van der Waals surface area contributed by atoms with E-state index in [1.165, 1.54) is 19.3 Å². The molecule has 0 unspecified atom stereocenters. The molecule has 5 heteroatoms. The van der Waals surface area contributed by atoms with Gasteiger partial charge in [0.1, 0.15) is 5.52 Å². The second kappa shape index (κ2) is 7.68. The molecule has 1 aromatic carbocycles. The lowest BCUT2D eigenvalue weighted by atomic mass is 9.89. The molecule has 5 nitrogen and oxygen atoms in total. The monoisotopic (exact) mass is 349 g/mol. The van der Waals surface area contributed by atoms with Crippen LogP contribution in [0.2, 0.25) is 0 Å². The molecule has 2 aromatic heterocycles. The van der Waals surface area contributed by atoms with Gasteiger partial charge < -0.3 is 9.73 Å². The first-order chi connectivity index (χ1) is 12.8. The Balaban J connectivity index is 1.42. The lowest BCUT2D eigenvalue weighted by molar-refractivity contribution is 0.0954. The lowest BCUT2D eigenvalue weighted by Gasteiger charge is -2.17. The first-order valence-corrected chi connectivity index (χ1v) is 9.37. The zero-order valence-corrected chi connectivity index (χ0v) is 14.8. The van der Waals surface area contributed by atoms with Gasteiger partial charge in [-0.15, -0.1) is 0 Å². The number of nitrogens with zero attached hydrogens (tertiary/aromatic N) is 2. The Morgan fingerprint density at radius 1 is 1.12 bits per heavy atom. The van der Waals surface area contributed by atoms with Crippen LogP contribution in [0, 0.1) is 0 Å². The maximum atomic E-state index is 12.4. The Morgan fingerprint density at radius 2 is 1.92 bits per heavy atom. The fraction of sp³-hybridized carbons (Fsp3) is 0.381. The number of rotatable bonds is 5. The van der Waals surface area contributed by atoms with Crippen LogP contribution in [0.15, 0.2) is 47.1 Å². The summed E-state index contributed by atoms with van der Waals surface area (Å²) in [5, 5.41) is 2.96. The maximum Gasteiger partial charge on any atom is 0.251 e. The van der Waals surface area contributed by atoms with Gasteiger partial charge in [0.15, 0.2) is 11.5 Å². The number of hydrogen-bond acceptors (Lipinski definition) is 4. The van der Waals surface area contributed by atoms with Crippen LogP contribution in [0.4, 0.5) is 0 Å². The van der Waals surface area contributed by atoms with Crippen molar-refractivity contribution >= 4 is 17.0 Å². The van der Waals surface area contributed by atoms with E-state index in [9.17, 15) is 4.79 Å². The van der Waals surface area contributed by atoms with Crippen LogP contribution in [0.1, 0.15) is 59.8 Å². The third kappa shape index (κ3) is 3.77. The standard InChI is InChI=1S/C21H23N3O2/c25-20(23-13-10-15-8-11-22-12-9-15)17-6-7-18-19(14-17)26-21(24-18)16-4-2-1-3-5-16/h6-9,11-12,14,16H,1-5,10,13H2,(H,23,25). The topological polar surface area (TPSA) is 68.0 Å². The van der Waals surface area contributed by atoms with Crippen LogP contribution in [0.3, 0.4) is 0 Å². The van der Waals surface area contributed by atoms with Gasteiger partial charge in [0.05, 0.1) is 0 Å². The molecule has 0 atom stereocenters. The molecule has 0 aliphatic heterocycles. The molecule has 1 amide bonds. The summed E-state index contributed by atoms with van der Waals surface area (Å²) in [6.07, 6.45) is 10.4. The first-order valence-electron chi connectivity index (χ1n) is 9.37. The van der Waals surface area contributed by atoms with E-state index < -0.39 is 0 Å². The minimum atomic E-state index is -0.0865. The van der Waals surface area contributed by atoms with Crippen molar-refractivity contribution in [1.82, 2.24) is 15.3 Å². The summed E-state index contributed by atoms with van der Waals surface area (Å²) in [5.41, 5.74) is 3.30. The third-order valence-electron chi connectivity index (χ3n) is 5.07. The van der Waals surface area contributed by atoms with E-state index in [2.05, 4.69) is 15.3 Å². The number of amides is 1. The zero-order chi connectivity index (χ0) is 17.8. The van der Waals surface area contributed by atoms with E-state index in [-0.39, 0.29) is 5.91 Å². The van der Waals surface area contributed by atoms with E-state index in [1.54, 1.807) is 18.5 Å². The number of fused-ring (bicyclic) bond motifs is 1. The number of pyridine rings is 1. The van der Waals surface area contributed by atoms with E-state index in [0.717, 1.165) is 36.2 Å². The number of aromatic nitrogens is 2. The van der Waals surface area contributed by atoms with Crippen molar-refractivity contribution in [3.63, 3.8) is 0 Å². The minimum absolute atomic E-state index is 0.0865. The summed E-state index contributed by atoms with van der Waals surface area (Å²) < 4.78 is 5.97. The lowest BCUT2D eigenvalue weighted by Crippen LogP contribution is -2.25. The summed E-state index contributed by atoms with van der Waals surface area (Å²) in [7, 11) is 0. The van der Waals surface area contributed by atoms with E-state index >= 15 is 0 Å². The second-order valence-corrected chi connectivity index (χ2v) is 6.93. The molecule has 0 radical (unpaired) electrons. The largest absolute Gasteiger partial charge is 0.440 e. The Hall–Kier alpha value is -2.69. The zero-order valence-electron chi connectivity index (χ0n) is 14.8. The SMILES string of the molecule is O=C(NCCc1ccncc1)c1ccc2nc(C3CCCCC3)oc2c1. The number of carbonyl (C=O) groups is 1. The fourth-order valence-electron chi connectivity index (χ4n) is 3.58. The third-order valence-corrected chi connectivity index (χ3v) is 5.07. The van der Waals surface area contributed by atoms with Crippen LogP contribution in [-0.2, 0) is 6.42 Å². The van der Waals surface area contributed by atoms with Gasteiger partial charge in [-0.25, -0.2) is 4.98 Å². The Labute approximate surface area is 152 Å². The molecule has 3 aromatic rings. The van der Waals surface area contributed by atoms with Gasteiger partial charge in [-0.3, -0.25) is 9.78 Å². The highest BCUT2D eigenvalue weighted by Crippen LogP contribution is 2.33. The van der Waals surface area contributed by atoms with Gasteiger partial charge in [-0.05, 0) is 55.2 Å². The van der Waals surface area contributed by atoms with E-state index in [4.69, 9.17) is 4.42 Å². The van der Waals surface area contributed by atoms with Crippen molar-refractivity contribution in [1.29, 1.82) is 0 Å². The van der Waals surface area contributed by atoms with Crippen molar-refractivity contribution in [3.05, 3.63) is 59.7 Å². The van der Waals surface area contributed by atoms with Crippen molar-refractivity contribution in [3.8, 4) is 0 Å². The van der Waals surface area contributed by atoms with Crippen molar-refractivity contribution < 1.29 is 9.21 Å². The average molecular weight is 349 g/mol. The Kier molecular flexibility index (Phi) is 4.95. The summed E-state index contributed by atoms with van der Waals surface area (Å²) in [4.78, 5) is 21.0. The molecule has 26 heavy (non-hydrogen) atoms. The Bertz CT molecular complexity index is 883. The molecule has 1 N–H and O–H groups in total. The van der Waals surface area contributed by atoms with Crippen LogP contribution in [0.5, 0.6) is 0 Å². The van der Waals surface area contributed by atoms with Crippen LogP contribution >= 0.6 is 0 Å². The predicted molar refractivity (Wildman–Crippen MR) is 100 cm³/mol. The van der Waals surface area contributed by atoms with Gasteiger partial charge in [0, 0.05) is 30.4 Å². The first kappa shape index (κ1) is 16.8.